The van der Waals surface area contributed by atoms with Crippen LogP contribution in [-0.2, 0) is 0 Å². The van der Waals surface area contributed by atoms with E-state index in [1.807, 2.05) is 31.2 Å². The van der Waals surface area contributed by atoms with Gasteiger partial charge in [-0.3, -0.25) is 4.90 Å². The van der Waals surface area contributed by atoms with Gasteiger partial charge in [0.05, 0.1) is 12.1 Å². The van der Waals surface area contributed by atoms with E-state index in [0.29, 0.717) is 6.54 Å². The normalized spacial score (nSPS) is 26.6. The highest BCUT2D eigenvalue weighted by molar-refractivity contribution is 5.79. The summed E-state index contributed by atoms with van der Waals surface area (Å²) in [4.78, 5) is 13.4. The SMILES string of the molecule is CC1(C)CN(C(=O)O)[C@@](C)(CO)C1C1c2ccccc2-c2ccccc21. The highest BCUT2D eigenvalue weighted by Crippen LogP contribution is 2.59. The van der Waals surface area contributed by atoms with Crippen molar-refractivity contribution in [3.8, 4) is 11.1 Å². The zero-order valence-corrected chi connectivity index (χ0v) is 15.4. The molecule has 2 atom stereocenters. The molecule has 4 nitrogen and oxygen atoms in total. The van der Waals surface area contributed by atoms with Gasteiger partial charge in [-0.15, -0.1) is 0 Å². The predicted molar refractivity (Wildman–Crippen MR) is 101 cm³/mol. The first-order chi connectivity index (χ1) is 12.3. The van der Waals surface area contributed by atoms with Crippen molar-refractivity contribution in [2.75, 3.05) is 13.2 Å². The molecule has 0 saturated carbocycles. The van der Waals surface area contributed by atoms with E-state index in [4.69, 9.17) is 0 Å². The van der Waals surface area contributed by atoms with Gasteiger partial charge in [-0.25, -0.2) is 4.79 Å². The minimum absolute atomic E-state index is 0.0269. The van der Waals surface area contributed by atoms with Crippen LogP contribution in [0.25, 0.3) is 11.1 Å². The maximum atomic E-state index is 11.9. The zero-order valence-electron chi connectivity index (χ0n) is 15.4. The Balaban J connectivity index is 1.95. The number of rotatable bonds is 2. The van der Waals surface area contributed by atoms with Gasteiger partial charge in [0, 0.05) is 18.4 Å². The number of aliphatic hydroxyl groups is 1. The summed E-state index contributed by atoms with van der Waals surface area (Å²) in [5.41, 5.74) is 3.82. The highest BCUT2D eigenvalue weighted by Gasteiger charge is 2.60. The van der Waals surface area contributed by atoms with Crippen LogP contribution in [0, 0.1) is 11.3 Å². The third-order valence-corrected chi connectivity index (χ3v) is 6.46. The van der Waals surface area contributed by atoms with Gasteiger partial charge >= 0.3 is 6.09 Å². The molecule has 2 N–H and O–H groups in total. The fourth-order valence-corrected chi connectivity index (χ4v) is 5.53. The smallest absolute Gasteiger partial charge is 0.407 e. The molecule has 0 bridgehead atoms. The van der Waals surface area contributed by atoms with Crippen molar-refractivity contribution >= 4 is 6.09 Å². The number of likely N-dealkylation sites (tertiary alicyclic amines) is 1. The minimum atomic E-state index is -0.961. The number of aliphatic hydroxyl groups excluding tert-OH is 1. The maximum Gasteiger partial charge on any atom is 0.407 e. The third kappa shape index (κ3) is 2.15. The maximum absolute atomic E-state index is 11.9. The van der Waals surface area contributed by atoms with Gasteiger partial charge in [0.1, 0.15) is 0 Å². The highest BCUT2D eigenvalue weighted by atomic mass is 16.4. The van der Waals surface area contributed by atoms with E-state index in [1.165, 1.54) is 27.2 Å². The molecule has 1 unspecified atom stereocenters. The van der Waals surface area contributed by atoms with Crippen LogP contribution in [0.2, 0.25) is 0 Å². The Kier molecular flexibility index (Phi) is 3.67. The second-order valence-corrected chi connectivity index (χ2v) is 8.50. The molecule has 1 amide bonds. The second-order valence-electron chi connectivity index (χ2n) is 8.50. The summed E-state index contributed by atoms with van der Waals surface area (Å²) in [5.74, 6) is 0.0415. The average Bonchev–Trinajstić information content (AvgIpc) is 3.04. The van der Waals surface area contributed by atoms with E-state index in [2.05, 4.69) is 38.1 Å². The molecule has 4 heteroatoms. The average molecular weight is 351 g/mol. The number of amides is 1. The number of hydrogen-bond donors (Lipinski definition) is 2. The van der Waals surface area contributed by atoms with E-state index >= 15 is 0 Å². The number of hydrogen-bond acceptors (Lipinski definition) is 2. The topological polar surface area (TPSA) is 60.8 Å². The molecule has 0 spiro atoms. The number of fused-ring (bicyclic) bond motifs is 3. The van der Waals surface area contributed by atoms with Gasteiger partial charge in [0.2, 0.25) is 0 Å². The van der Waals surface area contributed by atoms with Crippen molar-refractivity contribution in [2.45, 2.75) is 32.2 Å². The molecular formula is C22H25NO3. The minimum Gasteiger partial charge on any atom is -0.465 e. The Hall–Kier alpha value is -2.33. The van der Waals surface area contributed by atoms with E-state index in [0.717, 1.165) is 0 Å². The fraction of sp³-hybridized carbons (Fsp3) is 0.409. The van der Waals surface area contributed by atoms with Gasteiger partial charge in [-0.05, 0) is 34.6 Å². The Labute approximate surface area is 154 Å². The summed E-state index contributed by atoms with van der Waals surface area (Å²) < 4.78 is 0. The molecule has 0 aromatic heterocycles. The lowest BCUT2D eigenvalue weighted by molar-refractivity contribution is 0.0396. The van der Waals surface area contributed by atoms with Crippen molar-refractivity contribution in [2.24, 2.45) is 11.3 Å². The van der Waals surface area contributed by atoms with Crippen LogP contribution < -0.4 is 0 Å². The molecule has 2 aliphatic rings. The van der Waals surface area contributed by atoms with Crippen LogP contribution in [0.15, 0.2) is 48.5 Å². The fourth-order valence-electron chi connectivity index (χ4n) is 5.53. The first-order valence-corrected chi connectivity index (χ1v) is 9.11. The summed E-state index contributed by atoms with van der Waals surface area (Å²) in [5, 5.41) is 20.1. The van der Waals surface area contributed by atoms with Crippen molar-refractivity contribution in [3.63, 3.8) is 0 Å². The number of carbonyl (C=O) groups is 1. The Morgan fingerprint density at radius 3 is 2.00 bits per heavy atom. The van der Waals surface area contributed by atoms with Gasteiger partial charge < -0.3 is 10.2 Å². The first-order valence-electron chi connectivity index (χ1n) is 9.11. The number of carboxylic acid groups (broad SMARTS) is 1. The van der Waals surface area contributed by atoms with Crippen molar-refractivity contribution < 1.29 is 15.0 Å². The number of nitrogens with zero attached hydrogens (tertiary/aromatic N) is 1. The lowest BCUT2D eigenvalue weighted by Crippen LogP contribution is -2.52. The first kappa shape index (κ1) is 17.1. The zero-order chi connectivity index (χ0) is 18.7. The van der Waals surface area contributed by atoms with Crippen LogP contribution in [0.5, 0.6) is 0 Å². The Morgan fingerprint density at radius 1 is 1.04 bits per heavy atom. The van der Waals surface area contributed by atoms with Crippen LogP contribution in [0.1, 0.15) is 37.8 Å². The monoisotopic (exact) mass is 351 g/mol. The predicted octanol–water partition coefficient (Wildman–Crippen LogP) is 4.19. The van der Waals surface area contributed by atoms with Crippen LogP contribution in [-0.4, -0.2) is 39.9 Å². The molecule has 26 heavy (non-hydrogen) atoms. The summed E-state index contributed by atoms with van der Waals surface area (Å²) in [6.07, 6.45) is -0.961. The van der Waals surface area contributed by atoms with Crippen LogP contribution >= 0.6 is 0 Å². The molecule has 1 heterocycles. The Morgan fingerprint density at radius 2 is 1.54 bits per heavy atom. The lowest BCUT2D eigenvalue weighted by atomic mass is 9.64. The molecule has 1 aliphatic heterocycles. The molecule has 0 radical (unpaired) electrons. The standard InChI is InChI=1S/C22H25NO3/c1-21(2)12-23(20(25)26)22(3,13-24)19(21)18-16-10-6-4-8-14(16)15-9-5-7-11-17(15)18/h4-11,18-19,24H,12-13H2,1-3H3,(H,25,26)/t19?,22-/m0/s1. The van der Waals surface area contributed by atoms with Crippen molar-refractivity contribution in [3.05, 3.63) is 59.7 Å². The molecule has 1 saturated heterocycles. The summed E-state index contributed by atoms with van der Waals surface area (Å²) >= 11 is 0. The number of benzene rings is 2. The lowest BCUT2D eigenvalue weighted by Gasteiger charge is -2.42. The van der Waals surface area contributed by atoms with E-state index in [-0.39, 0.29) is 23.9 Å². The van der Waals surface area contributed by atoms with E-state index < -0.39 is 11.6 Å². The summed E-state index contributed by atoms with van der Waals surface area (Å²) in [6, 6.07) is 16.8. The molecule has 4 rings (SSSR count). The van der Waals surface area contributed by atoms with Crippen molar-refractivity contribution in [1.82, 2.24) is 4.90 Å². The quantitative estimate of drug-likeness (QED) is 0.853. The second kappa shape index (κ2) is 5.58. The van der Waals surface area contributed by atoms with E-state index in [1.54, 1.807) is 0 Å². The van der Waals surface area contributed by atoms with Crippen molar-refractivity contribution in [1.29, 1.82) is 0 Å². The van der Waals surface area contributed by atoms with Gasteiger partial charge in [-0.2, -0.15) is 0 Å². The third-order valence-electron chi connectivity index (χ3n) is 6.46. The van der Waals surface area contributed by atoms with E-state index in [9.17, 15) is 15.0 Å². The van der Waals surface area contributed by atoms with Crippen LogP contribution in [0.3, 0.4) is 0 Å². The largest absolute Gasteiger partial charge is 0.465 e. The van der Waals surface area contributed by atoms with Crippen LogP contribution in [0.4, 0.5) is 4.79 Å². The van der Waals surface area contributed by atoms with Gasteiger partial charge in [0.15, 0.2) is 0 Å². The molecule has 136 valence electrons. The summed E-state index contributed by atoms with van der Waals surface area (Å²) in [7, 11) is 0. The molecule has 2 aromatic carbocycles. The van der Waals surface area contributed by atoms with Gasteiger partial charge in [0.25, 0.3) is 0 Å². The molecular weight excluding hydrogens is 326 g/mol. The van der Waals surface area contributed by atoms with Gasteiger partial charge in [-0.1, -0.05) is 62.4 Å². The molecule has 1 fully saturated rings. The summed E-state index contributed by atoms with van der Waals surface area (Å²) in [6.45, 7) is 6.37. The molecule has 2 aromatic rings. The molecule has 1 aliphatic carbocycles. The Bertz CT molecular complexity index is 830.